The monoisotopic (exact) mass is 284 g/mol. The van der Waals surface area contributed by atoms with Crippen molar-refractivity contribution in [2.75, 3.05) is 6.54 Å². The lowest BCUT2D eigenvalue weighted by Crippen LogP contribution is -2.55. The normalized spacial score (nSPS) is 18.4. The maximum atomic E-state index is 12.3. The molecule has 1 fully saturated rings. The van der Waals surface area contributed by atoms with E-state index in [0.29, 0.717) is 5.92 Å². The van der Waals surface area contributed by atoms with Crippen LogP contribution < -0.4 is 5.32 Å². The van der Waals surface area contributed by atoms with Gasteiger partial charge in [0.1, 0.15) is 6.54 Å². The van der Waals surface area contributed by atoms with Crippen LogP contribution in [0.15, 0.2) is 0 Å². The van der Waals surface area contributed by atoms with E-state index in [1.165, 1.54) is 24.2 Å². The molecule has 0 radical (unpaired) electrons. The van der Waals surface area contributed by atoms with Crippen LogP contribution in [-0.4, -0.2) is 40.1 Å². The maximum absolute atomic E-state index is 12.3. The molecule has 0 bridgehead atoms. The van der Waals surface area contributed by atoms with Crippen molar-refractivity contribution in [3.63, 3.8) is 0 Å². The number of urea groups is 1. The molecule has 0 aromatic carbocycles. The Hall–Kier alpha value is -1.26. The first-order valence-corrected chi connectivity index (χ1v) is 7.51. The summed E-state index contributed by atoms with van der Waals surface area (Å²) in [6, 6.07) is -0.181. The Morgan fingerprint density at radius 1 is 1.25 bits per heavy atom. The number of carboxylic acids is 1. The Kier molecular flexibility index (Phi) is 5.84. The van der Waals surface area contributed by atoms with Gasteiger partial charge >= 0.3 is 12.0 Å². The lowest BCUT2D eigenvalue weighted by Gasteiger charge is -2.37. The third-order valence-corrected chi connectivity index (χ3v) is 4.06. The highest BCUT2D eigenvalue weighted by molar-refractivity contribution is 5.81. The maximum Gasteiger partial charge on any atom is 0.323 e. The summed E-state index contributed by atoms with van der Waals surface area (Å²) in [7, 11) is 0. The fraction of sp³-hybridized carbons (Fsp3) is 0.867. The number of rotatable bonds is 4. The molecule has 0 aromatic rings. The fourth-order valence-electron chi connectivity index (χ4n) is 2.77. The van der Waals surface area contributed by atoms with Gasteiger partial charge in [-0.3, -0.25) is 4.79 Å². The molecule has 0 heterocycles. The van der Waals surface area contributed by atoms with E-state index in [1.54, 1.807) is 0 Å². The van der Waals surface area contributed by atoms with Crippen LogP contribution in [0.25, 0.3) is 0 Å². The lowest BCUT2D eigenvalue weighted by atomic mass is 9.84. The van der Waals surface area contributed by atoms with E-state index in [1.807, 2.05) is 27.7 Å². The summed E-state index contributed by atoms with van der Waals surface area (Å²) in [5.74, 6) is -0.472. The minimum atomic E-state index is -0.986. The molecule has 1 aliphatic rings. The Morgan fingerprint density at radius 3 is 2.25 bits per heavy atom. The van der Waals surface area contributed by atoms with Gasteiger partial charge in [-0.1, -0.05) is 19.3 Å². The van der Waals surface area contributed by atoms with Gasteiger partial charge in [-0.25, -0.2) is 4.79 Å². The second-order valence-electron chi connectivity index (χ2n) is 6.79. The van der Waals surface area contributed by atoms with Crippen LogP contribution in [0.3, 0.4) is 0 Å². The third-order valence-electron chi connectivity index (χ3n) is 4.06. The number of amides is 2. The van der Waals surface area contributed by atoms with E-state index in [2.05, 4.69) is 5.32 Å². The van der Waals surface area contributed by atoms with Gasteiger partial charge < -0.3 is 15.3 Å². The standard InChI is InChI=1S/C15H28N2O3/c1-11(12-8-6-5-7-9-12)16-14(20)17(10-13(18)19)15(2,3)4/h11-12H,5-10H2,1-4H3,(H,16,20)(H,18,19). The van der Waals surface area contributed by atoms with Crippen LogP contribution >= 0.6 is 0 Å². The number of nitrogens with zero attached hydrogens (tertiary/aromatic N) is 1. The predicted molar refractivity (Wildman–Crippen MR) is 78.7 cm³/mol. The van der Waals surface area contributed by atoms with Crippen LogP contribution in [-0.2, 0) is 4.79 Å². The molecule has 0 spiro atoms. The van der Waals surface area contributed by atoms with Crippen molar-refractivity contribution in [2.45, 2.75) is 71.4 Å². The third kappa shape index (κ3) is 5.02. The second kappa shape index (κ2) is 6.95. The quantitative estimate of drug-likeness (QED) is 0.834. The minimum Gasteiger partial charge on any atom is -0.480 e. The molecule has 2 amide bonds. The first-order valence-electron chi connectivity index (χ1n) is 7.51. The Morgan fingerprint density at radius 2 is 1.80 bits per heavy atom. The molecule has 0 aromatic heterocycles. The number of hydrogen-bond acceptors (Lipinski definition) is 2. The molecule has 2 N–H and O–H groups in total. The molecular formula is C15H28N2O3. The first-order chi connectivity index (χ1) is 9.21. The first kappa shape index (κ1) is 16.8. The molecule has 0 saturated heterocycles. The minimum absolute atomic E-state index is 0.0986. The number of carboxylic acid groups (broad SMARTS) is 1. The summed E-state index contributed by atoms with van der Waals surface area (Å²) in [6.45, 7) is 7.30. The summed E-state index contributed by atoms with van der Waals surface area (Å²) in [6.07, 6.45) is 6.03. The van der Waals surface area contributed by atoms with Gasteiger partial charge in [0.2, 0.25) is 0 Å². The zero-order valence-electron chi connectivity index (χ0n) is 13.1. The van der Waals surface area contributed by atoms with Gasteiger partial charge in [-0.2, -0.15) is 0 Å². The Bertz CT molecular complexity index is 344. The Balaban J connectivity index is 2.62. The molecule has 116 valence electrons. The van der Waals surface area contributed by atoms with Crippen molar-refractivity contribution < 1.29 is 14.7 Å². The topological polar surface area (TPSA) is 69.6 Å². The van der Waals surface area contributed by atoms with Crippen molar-refractivity contribution in [1.29, 1.82) is 0 Å². The molecule has 1 atom stereocenters. The highest BCUT2D eigenvalue weighted by Gasteiger charge is 2.30. The van der Waals surface area contributed by atoms with Crippen molar-refractivity contribution in [2.24, 2.45) is 5.92 Å². The van der Waals surface area contributed by atoms with Gasteiger partial charge in [0.05, 0.1) is 0 Å². The van der Waals surface area contributed by atoms with E-state index in [4.69, 9.17) is 5.11 Å². The van der Waals surface area contributed by atoms with Crippen LogP contribution in [0.1, 0.15) is 59.8 Å². The lowest BCUT2D eigenvalue weighted by molar-refractivity contribution is -0.138. The van der Waals surface area contributed by atoms with Crippen molar-refractivity contribution in [1.82, 2.24) is 10.2 Å². The second-order valence-corrected chi connectivity index (χ2v) is 6.79. The van der Waals surface area contributed by atoms with Crippen LogP contribution in [0, 0.1) is 5.92 Å². The van der Waals surface area contributed by atoms with Gasteiger partial charge in [-0.05, 0) is 46.5 Å². The summed E-state index contributed by atoms with van der Waals surface area (Å²) in [4.78, 5) is 24.6. The van der Waals surface area contributed by atoms with Crippen LogP contribution in [0.4, 0.5) is 4.79 Å². The van der Waals surface area contributed by atoms with Gasteiger partial charge in [0.15, 0.2) is 0 Å². The summed E-state index contributed by atoms with van der Waals surface area (Å²) >= 11 is 0. The number of aliphatic carboxylic acids is 1. The smallest absolute Gasteiger partial charge is 0.323 e. The summed E-state index contributed by atoms with van der Waals surface area (Å²) < 4.78 is 0. The van der Waals surface area contributed by atoms with Gasteiger partial charge in [0, 0.05) is 11.6 Å². The summed E-state index contributed by atoms with van der Waals surface area (Å²) in [5, 5.41) is 11.9. The Labute approximate surface area is 121 Å². The van der Waals surface area contributed by atoms with E-state index in [0.717, 1.165) is 12.8 Å². The summed E-state index contributed by atoms with van der Waals surface area (Å²) in [5.41, 5.74) is -0.505. The van der Waals surface area contributed by atoms with Gasteiger partial charge in [-0.15, -0.1) is 0 Å². The number of carbonyl (C=O) groups excluding carboxylic acids is 1. The number of nitrogens with one attached hydrogen (secondary N) is 1. The highest BCUT2D eigenvalue weighted by atomic mass is 16.4. The van der Waals surface area contributed by atoms with Crippen molar-refractivity contribution in [3.05, 3.63) is 0 Å². The van der Waals surface area contributed by atoms with E-state index in [-0.39, 0.29) is 18.6 Å². The van der Waals surface area contributed by atoms with Crippen molar-refractivity contribution >= 4 is 12.0 Å². The largest absolute Gasteiger partial charge is 0.480 e. The van der Waals surface area contributed by atoms with Crippen LogP contribution in [0.5, 0.6) is 0 Å². The number of hydrogen-bond donors (Lipinski definition) is 2. The molecular weight excluding hydrogens is 256 g/mol. The zero-order valence-corrected chi connectivity index (χ0v) is 13.1. The van der Waals surface area contributed by atoms with Crippen molar-refractivity contribution in [3.8, 4) is 0 Å². The van der Waals surface area contributed by atoms with Gasteiger partial charge in [0.25, 0.3) is 0 Å². The fourth-order valence-corrected chi connectivity index (χ4v) is 2.77. The zero-order chi connectivity index (χ0) is 15.3. The molecule has 0 aliphatic heterocycles. The molecule has 1 rings (SSSR count). The molecule has 5 heteroatoms. The SMILES string of the molecule is CC(NC(=O)N(CC(=O)O)C(C)(C)C)C1CCCCC1. The highest BCUT2D eigenvalue weighted by Crippen LogP contribution is 2.26. The van der Waals surface area contributed by atoms with E-state index < -0.39 is 11.5 Å². The van der Waals surface area contributed by atoms with E-state index >= 15 is 0 Å². The molecule has 1 unspecified atom stereocenters. The molecule has 20 heavy (non-hydrogen) atoms. The molecule has 5 nitrogen and oxygen atoms in total. The number of carbonyl (C=O) groups is 2. The molecule has 1 saturated carbocycles. The van der Waals surface area contributed by atoms with E-state index in [9.17, 15) is 9.59 Å². The van der Waals surface area contributed by atoms with Crippen LogP contribution in [0.2, 0.25) is 0 Å². The predicted octanol–water partition coefficient (Wildman–Crippen LogP) is 2.85. The molecule has 1 aliphatic carbocycles. The average molecular weight is 284 g/mol. The average Bonchev–Trinajstić information content (AvgIpc) is 2.35.